The fourth-order valence-corrected chi connectivity index (χ4v) is 3.36. The van der Waals surface area contributed by atoms with E-state index in [1.165, 1.54) is 6.42 Å². The number of ether oxygens (including phenoxy) is 4. The molecule has 2 aliphatic rings. The molecule has 0 aromatic carbocycles. The summed E-state index contributed by atoms with van der Waals surface area (Å²) in [4.78, 5) is 23.6. The molecule has 29 heavy (non-hydrogen) atoms. The Labute approximate surface area is 184 Å². The van der Waals surface area contributed by atoms with Crippen LogP contribution in [0.5, 0.6) is 0 Å². The fourth-order valence-electron chi connectivity index (χ4n) is 3.20. The lowest BCUT2D eigenvalue weighted by molar-refractivity contribution is -0.148. The van der Waals surface area contributed by atoms with Gasteiger partial charge in [0, 0.05) is 25.3 Å². The van der Waals surface area contributed by atoms with Crippen LogP contribution in [0.4, 0.5) is 0 Å². The van der Waals surface area contributed by atoms with Crippen LogP contribution in [0.15, 0.2) is 0 Å². The molecule has 2 aliphatic heterocycles. The van der Waals surface area contributed by atoms with Gasteiger partial charge in [0.15, 0.2) is 0 Å². The van der Waals surface area contributed by atoms with Crippen molar-refractivity contribution in [1.82, 2.24) is 4.90 Å². The van der Waals surface area contributed by atoms with Gasteiger partial charge in [-0.05, 0) is 46.0 Å². The smallest absolute Gasteiger partial charge is 0.320 e. The van der Waals surface area contributed by atoms with Crippen molar-refractivity contribution in [1.29, 1.82) is 0 Å². The zero-order chi connectivity index (χ0) is 22.2. The molecule has 0 aromatic heterocycles. The van der Waals surface area contributed by atoms with Gasteiger partial charge in [-0.1, -0.05) is 29.8 Å². The van der Waals surface area contributed by atoms with Gasteiger partial charge in [0.2, 0.25) is 0 Å². The molecule has 8 heteroatoms. The molecule has 0 radical (unpaired) electrons. The largest absolute Gasteiger partial charge is 0.465 e. The third-order valence-electron chi connectivity index (χ3n) is 4.49. The molecule has 2 rings (SSSR count). The highest BCUT2D eigenvalue weighted by Crippen LogP contribution is 2.17. The lowest BCUT2D eigenvalue weighted by atomic mass is 9.96. The first-order valence-electron chi connectivity index (χ1n) is 10.5. The van der Waals surface area contributed by atoms with Gasteiger partial charge in [-0.3, -0.25) is 14.5 Å². The van der Waals surface area contributed by atoms with Gasteiger partial charge in [-0.25, -0.2) is 0 Å². The van der Waals surface area contributed by atoms with E-state index in [0.717, 1.165) is 25.0 Å². The molecule has 0 saturated carbocycles. The van der Waals surface area contributed by atoms with Gasteiger partial charge in [-0.2, -0.15) is 0 Å². The summed E-state index contributed by atoms with van der Waals surface area (Å²) in [6.07, 6.45) is 1.35. The summed E-state index contributed by atoms with van der Waals surface area (Å²) in [5.41, 5.74) is 0. The summed E-state index contributed by atoms with van der Waals surface area (Å²) in [5.74, 6) is 1.23. The van der Waals surface area contributed by atoms with Crippen molar-refractivity contribution in [2.75, 3.05) is 51.5 Å². The number of carbonyl (C=O) groups is 2. The van der Waals surface area contributed by atoms with Crippen molar-refractivity contribution in [3.8, 4) is 0 Å². The standard InChI is InChI=1S/C10H19NO3.C7H14O.C4H7BrO2/c1-4-14-10(12)5-11-8(2)6-13-7-9(11)3;1-6-3-7(2)5-8-4-6;1-2-7-4(6)3-5/h8-9H,4-7H2,1-3H3;6-7H,3-5H2,1-2H3;2-3H2,1H3. The minimum absolute atomic E-state index is 0.145. The Kier molecular flexibility index (Phi) is 16.6. The number of halogens is 1. The third kappa shape index (κ3) is 14.0. The van der Waals surface area contributed by atoms with Crippen LogP contribution >= 0.6 is 15.9 Å². The summed E-state index contributed by atoms with van der Waals surface area (Å²) in [6, 6.07) is 0.589. The van der Waals surface area contributed by atoms with Crippen molar-refractivity contribution in [2.24, 2.45) is 11.8 Å². The number of carbonyl (C=O) groups excluding carboxylic acids is 2. The van der Waals surface area contributed by atoms with Gasteiger partial charge in [0.25, 0.3) is 0 Å². The predicted molar refractivity (Wildman–Crippen MR) is 117 cm³/mol. The molecule has 0 bridgehead atoms. The highest BCUT2D eigenvalue weighted by atomic mass is 79.9. The number of esters is 2. The second-order valence-electron chi connectivity index (χ2n) is 7.64. The van der Waals surface area contributed by atoms with Crippen LogP contribution in [-0.4, -0.2) is 80.4 Å². The first-order chi connectivity index (χ1) is 13.7. The van der Waals surface area contributed by atoms with Crippen LogP contribution in [0.2, 0.25) is 0 Å². The second-order valence-corrected chi connectivity index (χ2v) is 8.20. The Balaban J connectivity index is 0.000000444. The molecule has 172 valence electrons. The number of nitrogens with zero attached hydrogens (tertiary/aromatic N) is 1. The summed E-state index contributed by atoms with van der Waals surface area (Å²) >= 11 is 2.94. The van der Waals surface area contributed by atoms with E-state index in [1.54, 1.807) is 6.92 Å². The number of hydrogen-bond acceptors (Lipinski definition) is 7. The average Bonchev–Trinajstić information content (AvgIpc) is 2.66. The molecule has 4 atom stereocenters. The van der Waals surface area contributed by atoms with Crippen LogP contribution in [0.3, 0.4) is 0 Å². The van der Waals surface area contributed by atoms with Gasteiger partial charge >= 0.3 is 11.9 Å². The quantitative estimate of drug-likeness (QED) is 0.440. The average molecular weight is 482 g/mol. The van der Waals surface area contributed by atoms with Crippen molar-refractivity contribution in [2.45, 2.75) is 60.0 Å². The molecule has 2 saturated heterocycles. The van der Waals surface area contributed by atoms with Crippen molar-refractivity contribution >= 4 is 27.9 Å². The van der Waals surface area contributed by atoms with E-state index in [9.17, 15) is 9.59 Å². The first-order valence-corrected chi connectivity index (χ1v) is 11.7. The molecule has 2 fully saturated rings. The maximum Gasteiger partial charge on any atom is 0.320 e. The monoisotopic (exact) mass is 481 g/mol. The van der Waals surface area contributed by atoms with Crippen LogP contribution in [0, 0.1) is 11.8 Å². The zero-order valence-corrected chi connectivity index (χ0v) is 20.5. The first kappa shape index (κ1) is 28.3. The molecular weight excluding hydrogens is 442 g/mol. The normalized spacial score (nSPS) is 26.9. The van der Waals surface area contributed by atoms with E-state index in [4.69, 9.17) is 14.2 Å². The predicted octanol–water partition coefficient (Wildman–Crippen LogP) is 3.28. The summed E-state index contributed by atoms with van der Waals surface area (Å²) < 4.78 is 20.1. The van der Waals surface area contributed by atoms with E-state index >= 15 is 0 Å². The van der Waals surface area contributed by atoms with Crippen LogP contribution in [-0.2, 0) is 28.5 Å². The van der Waals surface area contributed by atoms with E-state index in [0.29, 0.717) is 50.4 Å². The number of morpholine rings is 1. The number of hydrogen-bond donors (Lipinski definition) is 0. The lowest BCUT2D eigenvalue weighted by Crippen LogP contribution is -2.51. The maximum atomic E-state index is 11.3. The Morgan fingerprint density at radius 3 is 1.66 bits per heavy atom. The van der Waals surface area contributed by atoms with Gasteiger partial charge in [0.1, 0.15) is 5.33 Å². The molecule has 7 nitrogen and oxygen atoms in total. The van der Waals surface area contributed by atoms with Gasteiger partial charge in [0.05, 0.1) is 33.0 Å². The highest BCUT2D eigenvalue weighted by molar-refractivity contribution is 9.09. The SMILES string of the molecule is CC1COCC(C)C1.CCOC(=O)CBr.CCOC(=O)CN1C(C)COCC1C. The molecule has 2 heterocycles. The summed E-state index contributed by atoms with van der Waals surface area (Å²) in [6.45, 7) is 16.9. The van der Waals surface area contributed by atoms with Crippen molar-refractivity contribution in [3.05, 3.63) is 0 Å². The molecular formula is C21H40BrNO6. The second kappa shape index (κ2) is 17.0. The van der Waals surface area contributed by atoms with Crippen LogP contribution in [0.25, 0.3) is 0 Å². The minimum atomic E-state index is -0.206. The molecule has 0 N–H and O–H groups in total. The number of rotatable bonds is 5. The molecule has 0 aromatic rings. The minimum Gasteiger partial charge on any atom is -0.465 e. The zero-order valence-electron chi connectivity index (χ0n) is 18.9. The molecule has 0 spiro atoms. The van der Waals surface area contributed by atoms with Crippen molar-refractivity contribution < 1.29 is 28.5 Å². The lowest BCUT2D eigenvalue weighted by Gasteiger charge is -2.37. The third-order valence-corrected chi connectivity index (χ3v) is 4.95. The van der Waals surface area contributed by atoms with Gasteiger partial charge in [-0.15, -0.1) is 0 Å². The van der Waals surface area contributed by atoms with Crippen LogP contribution in [0.1, 0.15) is 48.0 Å². The fraction of sp³-hybridized carbons (Fsp3) is 0.905. The van der Waals surface area contributed by atoms with Crippen LogP contribution < -0.4 is 0 Å². The van der Waals surface area contributed by atoms with E-state index in [2.05, 4.69) is 53.3 Å². The Bertz CT molecular complexity index is 433. The number of alkyl halides is 1. The molecule has 0 aliphatic carbocycles. The Morgan fingerprint density at radius 1 is 0.862 bits per heavy atom. The highest BCUT2D eigenvalue weighted by Gasteiger charge is 2.27. The Hall–Kier alpha value is -0.700. The van der Waals surface area contributed by atoms with Crippen molar-refractivity contribution in [3.63, 3.8) is 0 Å². The van der Waals surface area contributed by atoms with Gasteiger partial charge < -0.3 is 18.9 Å². The van der Waals surface area contributed by atoms with E-state index < -0.39 is 0 Å². The topological polar surface area (TPSA) is 74.3 Å². The summed E-state index contributed by atoms with van der Waals surface area (Å²) in [7, 11) is 0. The molecule has 0 amide bonds. The van der Waals surface area contributed by atoms with E-state index in [1.807, 2.05) is 6.92 Å². The Morgan fingerprint density at radius 2 is 1.31 bits per heavy atom. The maximum absolute atomic E-state index is 11.3. The van der Waals surface area contributed by atoms with E-state index in [-0.39, 0.29) is 11.9 Å². The summed E-state index contributed by atoms with van der Waals surface area (Å²) in [5, 5.41) is 0.292. The molecule has 4 unspecified atom stereocenters.